The van der Waals surface area contributed by atoms with Gasteiger partial charge in [0.05, 0.1) is 5.69 Å². The third-order valence-electron chi connectivity index (χ3n) is 3.23. The van der Waals surface area contributed by atoms with Gasteiger partial charge < -0.3 is 15.6 Å². The number of rotatable bonds is 2. The minimum atomic E-state index is 0.0243. The Hall–Kier alpha value is -1.29. The summed E-state index contributed by atoms with van der Waals surface area (Å²) in [6.45, 7) is 0. The Morgan fingerprint density at radius 1 is 1.31 bits per heavy atom. The van der Waals surface area contributed by atoms with Crippen LogP contribution in [-0.2, 0) is 7.05 Å². The molecule has 88 valence electrons. The number of pyridine rings is 1. The zero-order valence-electron chi connectivity index (χ0n) is 9.65. The van der Waals surface area contributed by atoms with Crippen molar-refractivity contribution in [3.8, 4) is 0 Å². The molecule has 0 saturated heterocycles. The van der Waals surface area contributed by atoms with Crippen molar-refractivity contribution in [1.82, 2.24) is 4.57 Å². The lowest BCUT2D eigenvalue weighted by molar-refractivity contribution is 0.411. The van der Waals surface area contributed by atoms with Crippen LogP contribution in [0.15, 0.2) is 23.1 Å². The molecule has 1 aliphatic rings. The molecule has 2 rings (SSSR count). The van der Waals surface area contributed by atoms with Crippen LogP contribution in [0.5, 0.6) is 0 Å². The average molecular weight is 221 g/mol. The molecule has 0 spiro atoms. The van der Waals surface area contributed by atoms with E-state index >= 15 is 0 Å². The predicted octanol–water partition coefficient (Wildman–Crippen LogP) is 1.07. The monoisotopic (exact) mass is 221 g/mol. The van der Waals surface area contributed by atoms with E-state index in [-0.39, 0.29) is 5.56 Å². The second-order valence-electron chi connectivity index (χ2n) is 4.62. The second kappa shape index (κ2) is 4.70. The topological polar surface area (TPSA) is 60.1 Å². The summed E-state index contributed by atoms with van der Waals surface area (Å²) < 4.78 is 1.59. The summed E-state index contributed by atoms with van der Waals surface area (Å²) in [4.78, 5) is 11.2. The zero-order valence-corrected chi connectivity index (χ0v) is 9.65. The van der Waals surface area contributed by atoms with Crippen LogP contribution < -0.4 is 16.6 Å². The van der Waals surface area contributed by atoms with Gasteiger partial charge in [-0.1, -0.05) is 0 Å². The van der Waals surface area contributed by atoms with Crippen molar-refractivity contribution < 1.29 is 0 Å². The van der Waals surface area contributed by atoms with Gasteiger partial charge in [0.15, 0.2) is 0 Å². The first-order valence-corrected chi connectivity index (χ1v) is 5.84. The van der Waals surface area contributed by atoms with Gasteiger partial charge in [-0.05, 0) is 31.7 Å². The molecule has 1 aromatic rings. The normalized spacial score (nSPS) is 25.4. The lowest BCUT2D eigenvalue weighted by atomic mass is 9.92. The largest absolute Gasteiger partial charge is 0.381 e. The molecule has 1 aromatic heterocycles. The van der Waals surface area contributed by atoms with Crippen LogP contribution in [0.2, 0.25) is 0 Å². The molecule has 3 N–H and O–H groups in total. The number of hydrogen-bond donors (Lipinski definition) is 2. The van der Waals surface area contributed by atoms with E-state index < -0.39 is 0 Å². The fraction of sp³-hybridized carbons (Fsp3) is 0.583. The first-order valence-electron chi connectivity index (χ1n) is 5.84. The van der Waals surface area contributed by atoms with Gasteiger partial charge in [-0.2, -0.15) is 0 Å². The molecular formula is C12H19N3O. The molecule has 1 aliphatic carbocycles. The summed E-state index contributed by atoms with van der Waals surface area (Å²) in [6.07, 6.45) is 6.25. The Balaban J connectivity index is 1.98. The van der Waals surface area contributed by atoms with Crippen molar-refractivity contribution in [2.45, 2.75) is 37.8 Å². The Kier molecular flexibility index (Phi) is 3.29. The predicted molar refractivity (Wildman–Crippen MR) is 65.5 cm³/mol. The summed E-state index contributed by atoms with van der Waals surface area (Å²) >= 11 is 0. The lowest BCUT2D eigenvalue weighted by Crippen LogP contribution is -2.33. The third-order valence-corrected chi connectivity index (χ3v) is 3.23. The van der Waals surface area contributed by atoms with E-state index in [0.29, 0.717) is 12.1 Å². The highest BCUT2D eigenvalue weighted by atomic mass is 16.1. The van der Waals surface area contributed by atoms with E-state index in [1.807, 2.05) is 12.3 Å². The Morgan fingerprint density at radius 2 is 2.00 bits per heavy atom. The maximum absolute atomic E-state index is 11.2. The highest BCUT2D eigenvalue weighted by Gasteiger charge is 2.18. The number of nitrogens with two attached hydrogens (primary N) is 1. The molecule has 0 aromatic carbocycles. The highest BCUT2D eigenvalue weighted by molar-refractivity contribution is 5.41. The van der Waals surface area contributed by atoms with Gasteiger partial charge in [-0.3, -0.25) is 4.79 Å². The number of hydrogen-bond acceptors (Lipinski definition) is 3. The van der Waals surface area contributed by atoms with E-state index in [1.165, 1.54) is 0 Å². The molecule has 0 bridgehead atoms. The summed E-state index contributed by atoms with van der Waals surface area (Å²) in [6, 6.07) is 4.31. The van der Waals surface area contributed by atoms with Crippen molar-refractivity contribution in [3.05, 3.63) is 28.7 Å². The lowest BCUT2D eigenvalue weighted by Gasteiger charge is -2.27. The molecule has 0 amide bonds. The average Bonchev–Trinajstić information content (AvgIpc) is 2.27. The van der Waals surface area contributed by atoms with E-state index in [4.69, 9.17) is 5.73 Å². The molecule has 1 fully saturated rings. The molecular weight excluding hydrogens is 202 g/mol. The van der Waals surface area contributed by atoms with Crippen LogP contribution in [0.4, 0.5) is 5.69 Å². The van der Waals surface area contributed by atoms with Crippen LogP contribution >= 0.6 is 0 Å². The molecule has 0 unspecified atom stereocenters. The van der Waals surface area contributed by atoms with Crippen LogP contribution in [-0.4, -0.2) is 16.7 Å². The van der Waals surface area contributed by atoms with Crippen molar-refractivity contribution in [3.63, 3.8) is 0 Å². The Bertz CT molecular complexity index is 405. The van der Waals surface area contributed by atoms with E-state index in [2.05, 4.69) is 5.32 Å². The SMILES string of the molecule is Cn1cc(NC2CCC(N)CC2)ccc1=O. The van der Waals surface area contributed by atoms with E-state index in [1.54, 1.807) is 17.7 Å². The fourth-order valence-corrected chi connectivity index (χ4v) is 2.18. The van der Waals surface area contributed by atoms with Gasteiger partial charge in [0.25, 0.3) is 0 Å². The highest BCUT2D eigenvalue weighted by Crippen LogP contribution is 2.20. The van der Waals surface area contributed by atoms with Gasteiger partial charge in [-0.25, -0.2) is 0 Å². The maximum Gasteiger partial charge on any atom is 0.250 e. The Labute approximate surface area is 95.5 Å². The van der Waals surface area contributed by atoms with Crippen molar-refractivity contribution in [2.24, 2.45) is 12.8 Å². The molecule has 0 atom stereocenters. The number of anilines is 1. The molecule has 16 heavy (non-hydrogen) atoms. The van der Waals surface area contributed by atoms with Crippen molar-refractivity contribution in [2.75, 3.05) is 5.32 Å². The smallest absolute Gasteiger partial charge is 0.250 e. The quantitative estimate of drug-likeness (QED) is 0.785. The molecule has 0 aliphatic heterocycles. The molecule has 1 saturated carbocycles. The van der Waals surface area contributed by atoms with Crippen LogP contribution in [0.1, 0.15) is 25.7 Å². The minimum absolute atomic E-state index is 0.0243. The van der Waals surface area contributed by atoms with Gasteiger partial charge in [0, 0.05) is 31.4 Å². The summed E-state index contributed by atoms with van der Waals surface area (Å²) in [5.74, 6) is 0. The first kappa shape index (κ1) is 11.2. The molecule has 4 heteroatoms. The third kappa shape index (κ3) is 2.64. The van der Waals surface area contributed by atoms with E-state index in [0.717, 1.165) is 31.4 Å². The Morgan fingerprint density at radius 3 is 2.62 bits per heavy atom. The molecule has 1 heterocycles. The standard InChI is InChI=1S/C12H19N3O/c1-15-8-11(6-7-12(15)16)14-10-4-2-9(13)3-5-10/h6-10,14H,2-5,13H2,1H3. The van der Waals surface area contributed by atoms with Gasteiger partial charge in [0.2, 0.25) is 5.56 Å². The number of nitrogens with zero attached hydrogens (tertiary/aromatic N) is 1. The van der Waals surface area contributed by atoms with E-state index in [9.17, 15) is 4.79 Å². The van der Waals surface area contributed by atoms with Crippen LogP contribution in [0, 0.1) is 0 Å². The molecule has 0 radical (unpaired) electrons. The zero-order chi connectivity index (χ0) is 11.5. The first-order chi connectivity index (χ1) is 7.65. The van der Waals surface area contributed by atoms with Gasteiger partial charge in [0.1, 0.15) is 0 Å². The number of nitrogens with one attached hydrogen (secondary N) is 1. The maximum atomic E-state index is 11.2. The second-order valence-corrected chi connectivity index (χ2v) is 4.62. The van der Waals surface area contributed by atoms with Crippen LogP contribution in [0.3, 0.4) is 0 Å². The minimum Gasteiger partial charge on any atom is -0.381 e. The van der Waals surface area contributed by atoms with Crippen molar-refractivity contribution >= 4 is 5.69 Å². The fourth-order valence-electron chi connectivity index (χ4n) is 2.18. The molecule has 4 nitrogen and oxygen atoms in total. The summed E-state index contributed by atoms with van der Waals surface area (Å²) in [5.41, 5.74) is 6.90. The van der Waals surface area contributed by atoms with Crippen LogP contribution in [0.25, 0.3) is 0 Å². The van der Waals surface area contributed by atoms with Gasteiger partial charge in [-0.15, -0.1) is 0 Å². The summed E-state index contributed by atoms with van der Waals surface area (Å²) in [7, 11) is 1.77. The number of aromatic nitrogens is 1. The van der Waals surface area contributed by atoms with Gasteiger partial charge >= 0.3 is 0 Å². The summed E-state index contributed by atoms with van der Waals surface area (Å²) in [5, 5.41) is 3.45. The number of aryl methyl sites for hydroxylation is 1. The van der Waals surface area contributed by atoms with Crippen molar-refractivity contribution in [1.29, 1.82) is 0 Å².